The van der Waals surface area contributed by atoms with Gasteiger partial charge in [-0.1, -0.05) is 36.4 Å². The standard InChI is InChI=1S/C28H30ClFN6O2/c1-3-23(37)31-7-8-32-26-21-12-22(29)25(19-6-4-5-15-9-16-10-20(16)24(15)19)33-27(21)35-28(34-26)38-14-18-11-17(30)13-36(18)2/h3-6,12,16-18,20H,1,7-11,13-14H2,2H3,(H,31,37)(H,32,33,34,35)/t16?,17-,18+,20?/m1/s1. The molecule has 2 aromatic heterocycles. The number of pyridine rings is 1. The number of rotatable bonds is 9. The van der Waals surface area contributed by atoms with Crippen LogP contribution in [0.5, 0.6) is 6.01 Å². The third-order valence-corrected chi connectivity index (χ3v) is 8.08. The summed E-state index contributed by atoms with van der Waals surface area (Å²) in [5.74, 6) is 1.58. The monoisotopic (exact) mass is 536 g/mol. The number of anilines is 1. The molecule has 1 aromatic carbocycles. The summed E-state index contributed by atoms with van der Waals surface area (Å²) in [5, 5.41) is 7.15. The smallest absolute Gasteiger partial charge is 0.320 e. The largest absolute Gasteiger partial charge is 0.462 e. The van der Waals surface area contributed by atoms with Crippen molar-refractivity contribution in [3.05, 3.63) is 53.1 Å². The Balaban J connectivity index is 1.33. The van der Waals surface area contributed by atoms with Gasteiger partial charge in [0, 0.05) is 31.2 Å². The molecule has 1 saturated carbocycles. The van der Waals surface area contributed by atoms with Crippen molar-refractivity contribution in [2.75, 3.05) is 38.6 Å². The van der Waals surface area contributed by atoms with Gasteiger partial charge < -0.3 is 15.4 Å². The van der Waals surface area contributed by atoms with Crippen molar-refractivity contribution in [3.8, 4) is 17.3 Å². The fourth-order valence-electron chi connectivity index (χ4n) is 5.76. The maximum absolute atomic E-state index is 13.8. The van der Waals surface area contributed by atoms with E-state index in [-0.39, 0.29) is 24.6 Å². The van der Waals surface area contributed by atoms with E-state index in [1.165, 1.54) is 23.6 Å². The van der Waals surface area contributed by atoms with Gasteiger partial charge in [0.25, 0.3) is 0 Å². The topological polar surface area (TPSA) is 92.3 Å². The Morgan fingerprint density at radius 2 is 2.16 bits per heavy atom. The van der Waals surface area contributed by atoms with Crippen molar-refractivity contribution >= 4 is 34.4 Å². The summed E-state index contributed by atoms with van der Waals surface area (Å²) >= 11 is 6.82. The predicted molar refractivity (Wildman–Crippen MR) is 145 cm³/mol. The Labute approximate surface area is 225 Å². The first-order valence-corrected chi connectivity index (χ1v) is 13.4. The van der Waals surface area contributed by atoms with E-state index < -0.39 is 6.17 Å². The van der Waals surface area contributed by atoms with Gasteiger partial charge in [0.05, 0.1) is 16.1 Å². The van der Waals surface area contributed by atoms with Crippen LogP contribution in [-0.2, 0) is 11.2 Å². The molecule has 2 fully saturated rings. The number of likely N-dealkylation sites (N-methyl/N-ethyl adjacent to an activating group) is 1. The second-order valence-electron chi connectivity index (χ2n) is 10.4. The van der Waals surface area contributed by atoms with Crippen molar-refractivity contribution < 1.29 is 13.9 Å². The van der Waals surface area contributed by atoms with Crippen molar-refractivity contribution in [3.63, 3.8) is 0 Å². The molecule has 0 spiro atoms. The van der Waals surface area contributed by atoms with Crippen LogP contribution in [-0.4, -0.2) is 71.3 Å². The van der Waals surface area contributed by atoms with Gasteiger partial charge in [-0.2, -0.15) is 9.97 Å². The molecular formula is C28H30ClFN6O2. The van der Waals surface area contributed by atoms with E-state index >= 15 is 0 Å². The van der Waals surface area contributed by atoms with Crippen molar-refractivity contribution in [2.24, 2.45) is 5.92 Å². The van der Waals surface area contributed by atoms with Crippen LogP contribution in [0.1, 0.15) is 29.9 Å². The first-order chi connectivity index (χ1) is 18.4. The Bertz CT molecular complexity index is 1420. The predicted octanol–water partition coefficient (Wildman–Crippen LogP) is 4.14. The highest BCUT2D eigenvalue weighted by atomic mass is 35.5. The molecule has 8 nitrogen and oxygen atoms in total. The van der Waals surface area contributed by atoms with Crippen molar-refractivity contribution in [2.45, 2.75) is 37.4 Å². The van der Waals surface area contributed by atoms with E-state index in [0.717, 1.165) is 17.9 Å². The lowest BCUT2D eigenvalue weighted by molar-refractivity contribution is -0.116. The average molecular weight is 537 g/mol. The van der Waals surface area contributed by atoms with E-state index in [1.54, 1.807) is 0 Å². The average Bonchev–Trinajstić information content (AvgIpc) is 3.45. The van der Waals surface area contributed by atoms with Gasteiger partial charge in [-0.05, 0) is 61.4 Å². The molecule has 3 heterocycles. The number of hydrogen-bond donors (Lipinski definition) is 2. The summed E-state index contributed by atoms with van der Waals surface area (Å²) in [6.07, 6.45) is 3.12. The van der Waals surface area contributed by atoms with Gasteiger partial charge in [0.2, 0.25) is 5.91 Å². The van der Waals surface area contributed by atoms with Crippen LogP contribution in [0.4, 0.5) is 10.2 Å². The number of amides is 1. The van der Waals surface area contributed by atoms with Crippen molar-refractivity contribution in [1.29, 1.82) is 0 Å². The van der Waals surface area contributed by atoms with Gasteiger partial charge in [-0.3, -0.25) is 9.69 Å². The molecule has 0 radical (unpaired) electrons. The quantitative estimate of drug-likeness (QED) is 0.314. The molecule has 38 heavy (non-hydrogen) atoms. The Kier molecular flexibility index (Phi) is 6.65. The summed E-state index contributed by atoms with van der Waals surface area (Å²) in [4.78, 5) is 27.6. The molecule has 1 saturated heterocycles. The third-order valence-electron chi connectivity index (χ3n) is 7.79. The maximum Gasteiger partial charge on any atom is 0.320 e. The summed E-state index contributed by atoms with van der Waals surface area (Å²) in [7, 11) is 1.89. The zero-order chi connectivity index (χ0) is 26.4. The second kappa shape index (κ2) is 10.1. The van der Waals surface area contributed by atoms with Crippen LogP contribution in [0.25, 0.3) is 22.3 Å². The molecule has 2 N–H and O–H groups in total. The molecule has 3 aromatic rings. The molecule has 4 atom stereocenters. The van der Waals surface area contributed by atoms with Gasteiger partial charge in [-0.25, -0.2) is 9.37 Å². The normalized spacial score (nSPS) is 23.7. The highest BCUT2D eigenvalue weighted by molar-refractivity contribution is 6.34. The fraction of sp³-hybridized carbons (Fsp3) is 0.429. The number of fused-ring (bicyclic) bond motifs is 4. The number of hydrogen-bond acceptors (Lipinski definition) is 7. The summed E-state index contributed by atoms with van der Waals surface area (Å²) < 4.78 is 19.8. The van der Waals surface area contributed by atoms with Gasteiger partial charge in [0.1, 0.15) is 18.6 Å². The van der Waals surface area contributed by atoms with E-state index in [9.17, 15) is 9.18 Å². The number of aromatic nitrogens is 3. The zero-order valence-corrected chi connectivity index (χ0v) is 22.0. The molecule has 1 aliphatic heterocycles. The van der Waals surface area contributed by atoms with E-state index in [1.807, 2.05) is 18.0 Å². The number of carbonyl (C=O) groups is 1. The number of nitrogens with zero attached hydrogens (tertiary/aromatic N) is 4. The second-order valence-corrected chi connectivity index (χ2v) is 10.8. The van der Waals surface area contributed by atoms with Crippen LogP contribution < -0.4 is 15.4 Å². The highest BCUT2D eigenvalue weighted by Gasteiger charge is 2.46. The molecule has 3 aliphatic rings. The molecule has 198 valence electrons. The fourth-order valence-corrected chi connectivity index (χ4v) is 6.01. The summed E-state index contributed by atoms with van der Waals surface area (Å²) in [5.41, 5.74) is 4.96. The first-order valence-electron chi connectivity index (χ1n) is 13.0. The number of nitrogens with one attached hydrogen (secondary N) is 2. The Morgan fingerprint density at radius 3 is 2.95 bits per heavy atom. The summed E-state index contributed by atoms with van der Waals surface area (Å²) in [6, 6.07) is 8.29. The number of halogens is 2. The lowest BCUT2D eigenvalue weighted by atomic mass is 9.97. The molecule has 0 bridgehead atoms. The Morgan fingerprint density at radius 1 is 1.29 bits per heavy atom. The Hall–Kier alpha value is -3.30. The first kappa shape index (κ1) is 25.0. The summed E-state index contributed by atoms with van der Waals surface area (Å²) in [6.45, 7) is 4.91. The minimum atomic E-state index is -0.862. The third kappa shape index (κ3) is 4.80. The number of likely N-dealkylation sites (tertiary alicyclic amines) is 1. The molecule has 2 unspecified atom stereocenters. The van der Waals surface area contributed by atoms with Crippen molar-refractivity contribution in [1.82, 2.24) is 25.2 Å². The van der Waals surface area contributed by atoms with Gasteiger partial charge in [0.15, 0.2) is 5.65 Å². The zero-order valence-electron chi connectivity index (χ0n) is 21.2. The van der Waals surface area contributed by atoms with Gasteiger partial charge >= 0.3 is 6.01 Å². The minimum Gasteiger partial charge on any atom is -0.462 e. The lowest BCUT2D eigenvalue weighted by Gasteiger charge is -2.19. The van der Waals surface area contributed by atoms with Crippen LogP contribution in [0, 0.1) is 5.92 Å². The highest BCUT2D eigenvalue weighted by Crippen LogP contribution is 2.58. The van der Waals surface area contributed by atoms with Crippen LogP contribution in [0.3, 0.4) is 0 Å². The van der Waals surface area contributed by atoms with Crippen LogP contribution in [0.15, 0.2) is 36.9 Å². The maximum atomic E-state index is 13.8. The van der Waals surface area contributed by atoms with E-state index in [0.29, 0.717) is 59.5 Å². The van der Waals surface area contributed by atoms with Crippen LogP contribution in [0.2, 0.25) is 5.02 Å². The molecule has 2 aliphatic carbocycles. The molecule has 6 rings (SSSR count). The molecule has 10 heteroatoms. The molecular weight excluding hydrogens is 507 g/mol. The van der Waals surface area contributed by atoms with E-state index in [4.69, 9.17) is 21.3 Å². The number of alkyl halides is 1. The minimum absolute atomic E-state index is 0.0537. The van der Waals surface area contributed by atoms with Crippen LogP contribution >= 0.6 is 11.6 Å². The van der Waals surface area contributed by atoms with Gasteiger partial charge in [-0.15, -0.1) is 0 Å². The SMILES string of the molecule is C=CC(=O)NCCNc1nc(OC[C@@H]2C[C@@H](F)CN2C)nc2nc(-c3cccc4c3C3CC3C4)c(Cl)cc12. The lowest BCUT2D eigenvalue weighted by Crippen LogP contribution is -2.31. The molecule has 1 amide bonds. The number of ether oxygens (including phenoxy) is 1. The van der Waals surface area contributed by atoms with E-state index in [2.05, 4.69) is 45.4 Å². The number of benzene rings is 1. The number of carbonyl (C=O) groups excluding carboxylic acids is 1.